The zero-order chi connectivity index (χ0) is 17.9. The van der Waals surface area contributed by atoms with Gasteiger partial charge in [0.15, 0.2) is 11.7 Å². The van der Waals surface area contributed by atoms with Crippen molar-refractivity contribution < 1.29 is 14.3 Å². The fourth-order valence-electron chi connectivity index (χ4n) is 3.17. The van der Waals surface area contributed by atoms with Crippen molar-refractivity contribution in [3.8, 4) is 5.75 Å². The molecule has 8 heteroatoms. The highest BCUT2D eigenvalue weighted by atomic mass is 32.1. The molecule has 0 radical (unpaired) electrons. The molecule has 7 nitrogen and oxygen atoms in total. The molecule has 136 valence electrons. The highest BCUT2D eigenvalue weighted by molar-refractivity contribution is 7.14. The number of carbonyl (C=O) groups is 2. The molecule has 0 saturated carbocycles. The Hall–Kier alpha value is -2.45. The van der Waals surface area contributed by atoms with Crippen molar-refractivity contribution in [3.05, 3.63) is 34.8 Å². The number of aromatic nitrogens is 1. The summed E-state index contributed by atoms with van der Waals surface area (Å²) in [5.41, 5.74) is 2.03. The molecule has 4 rings (SSSR count). The zero-order valence-corrected chi connectivity index (χ0v) is 15.1. The lowest BCUT2D eigenvalue weighted by Crippen LogP contribution is -2.29. The van der Waals surface area contributed by atoms with Crippen LogP contribution in [-0.2, 0) is 11.3 Å². The third-order valence-electron chi connectivity index (χ3n) is 4.48. The Bertz CT molecular complexity index is 830. The van der Waals surface area contributed by atoms with Crippen molar-refractivity contribution in [3.63, 3.8) is 0 Å². The summed E-state index contributed by atoms with van der Waals surface area (Å²) in [5, 5.41) is 8.13. The Balaban J connectivity index is 1.39. The second-order valence-corrected chi connectivity index (χ2v) is 7.34. The number of amides is 2. The summed E-state index contributed by atoms with van der Waals surface area (Å²) in [4.78, 5) is 30.7. The quantitative estimate of drug-likeness (QED) is 0.862. The first-order chi connectivity index (χ1) is 12.7. The number of thiazole rings is 1. The minimum absolute atomic E-state index is 0.0373. The van der Waals surface area contributed by atoms with Gasteiger partial charge in [-0.05, 0) is 44.1 Å². The number of hydrogen-bond donors (Lipinski definition) is 2. The molecule has 0 unspecified atom stereocenters. The molecule has 0 atom stereocenters. The second-order valence-electron chi connectivity index (χ2n) is 6.48. The first-order valence-electron chi connectivity index (χ1n) is 8.72. The average Bonchev–Trinajstić information content (AvgIpc) is 3.08. The van der Waals surface area contributed by atoms with Gasteiger partial charge in [-0.3, -0.25) is 19.8 Å². The Labute approximate surface area is 155 Å². The number of nitrogens with zero attached hydrogens (tertiary/aromatic N) is 2. The van der Waals surface area contributed by atoms with Crippen LogP contribution in [0.3, 0.4) is 0 Å². The Morgan fingerprint density at radius 3 is 3.00 bits per heavy atom. The van der Waals surface area contributed by atoms with Gasteiger partial charge in [-0.25, -0.2) is 4.98 Å². The van der Waals surface area contributed by atoms with Crippen LogP contribution in [0.2, 0.25) is 0 Å². The SMILES string of the molecule is O=C1COc2cc(C(=O)Nc3nc(CN4CCCCC4)cs3)ccc2N1. The molecule has 2 aliphatic heterocycles. The van der Waals surface area contributed by atoms with E-state index in [1.165, 1.54) is 30.6 Å². The van der Waals surface area contributed by atoms with Crippen molar-refractivity contribution in [1.29, 1.82) is 0 Å². The number of piperidine rings is 1. The van der Waals surface area contributed by atoms with E-state index >= 15 is 0 Å². The molecule has 3 heterocycles. The van der Waals surface area contributed by atoms with E-state index in [4.69, 9.17) is 4.74 Å². The summed E-state index contributed by atoms with van der Waals surface area (Å²) in [6.07, 6.45) is 3.80. The third-order valence-corrected chi connectivity index (χ3v) is 5.29. The van der Waals surface area contributed by atoms with E-state index < -0.39 is 0 Å². The van der Waals surface area contributed by atoms with Crippen LogP contribution in [0.4, 0.5) is 10.8 Å². The van der Waals surface area contributed by atoms with Crippen LogP contribution in [0.15, 0.2) is 23.6 Å². The normalized spacial score (nSPS) is 17.2. The van der Waals surface area contributed by atoms with Gasteiger partial charge < -0.3 is 10.1 Å². The summed E-state index contributed by atoms with van der Waals surface area (Å²) < 4.78 is 5.35. The summed E-state index contributed by atoms with van der Waals surface area (Å²) in [5.74, 6) is 0.0630. The van der Waals surface area contributed by atoms with E-state index in [1.807, 2.05) is 5.38 Å². The smallest absolute Gasteiger partial charge is 0.262 e. The van der Waals surface area contributed by atoms with Crippen molar-refractivity contribution in [2.45, 2.75) is 25.8 Å². The molecule has 0 aliphatic carbocycles. The zero-order valence-electron chi connectivity index (χ0n) is 14.3. The molecule has 2 amide bonds. The number of anilines is 2. The first-order valence-corrected chi connectivity index (χ1v) is 9.60. The summed E-state index contributed by atoms with van der Waals surface area (Å²) in [6.45, 7) is 3.03. The van der Waals surface area contributed by atoms with Crippen molar-refractivity contribution in [2.75, 3.05) is 30.3 Å². The number of hydrogen-bond acceptors (Lipinski definition) is 6. The van der Waals surface area contributed by atoms with Crippen LogP contribution in [0, 0.1) is 0 Å². The number of ether oxygens (including phenoxy) is 1. The number of carbonyl (C=O) groups excluding carboxylic acids is 2. The largest absolute Gasteiger partial charge is 0.482 e. The second kappa shape index (κ2) is 7.43. The maximum atomic E-state index is 12.5. The van der Waals surface area contributed by atoms with E-state index in [0.29, 0.717) is 22.1 Å². The van der Waals surface area contributed by atoms with Crippen LogP contribution in [0.25, 0.3) is 0 Å². The minimum Gasteiger partial charge on any atom is -0.482 e. The minimum atomic E-state index is -0.243. The number of fused-ring (bicyclic) bond motifs is 1. The average molecular weight is 372 g/mol. The standard InChI is InChI=1S/C18H20N4O3S/c23-16-10-25-15-8-12(4-5-14(15)20-16)17(24)21-18-19-13(11-26-18)9-22-6-2-1-3-7-22/h4-5,8,11H,1-3,6-7,9-10H2,(H,20,23)(H,19,21,24). The summed E-state index contributed by atoms with van der Waals surface area (Å²) in [7, 11) is 0. The summed E-state index contributed by atoms with van der Waals surface area (Å²) in [6, 6.07) is 4.96. The van der Waals surface area contributed by atoms with Gasteiger partial charge in [0.1, 0.15) is 5.75 Å². The van der Waals surface area contributed by atoms with E-state index in [2.05, 4.69) is 20.5 Å². The van der Waals surface area contributed by atoms with E-state index in [0.717, 1.165) is 25.3 Å². The molecule has 2 aromatic rings. The predicted octanol–water partition coefficient (Wildman–Crippen LogP) is 2.71. The van der Waals surface area contributed by atoms with Crippen molar-refractivity contribution in [1.82, 2.24) is 9.88 Å². The number of rotatable bonds is 4. The van der Waals surface area contributed by atoms with Gasteiger partial charge in [0.05, 0.1) is 11.4 Å². The lowest BCUT2D eigenvalue weighted by atomic mass is 10.1. The topological polar surface area (TPSA) is 83.6 Å². The molecule has 0 bridgehead atoms. The molecule has 1 aromatic heterocycles. The first kappa shape index (κ1) is 17.0. The van der Waals surface area contributed by atoms with Crippen LogP contribution in [-0.4, -0.2) is 41.4 Å². The maximum Gasteiger partial charge on any atom is 0.262 e. The number of nitrogens with one attached hydrogen (secondary N) is 2. The molecule has 1 aromatic carbocycles. The Morgan fingerprint density at radius 2 is 2.15 bits per heavy atom. The fraction of sp³-hybridized carbons (Fsp3) is 0.389. The third kappa shape index (κ3) is 3.86. The van der Waals surface area contributed by atoms with E-state index in [-0.39, 0.29) is 18.4 Å². The van der Waals surface area contributed by atoms with Gasteiger partial charge >= 0.3 is 0 Å². The number of likely N-dealkylation sites (tertiary alicyclic amines) is 1. The molecule has 0 spiro atoms. The molecular formula is C18H20N4O3S. The molecule has 1 saturated heterocycles. The summed E-state index contributed by atoms with van der Waals surface area (Å²) >= 11 is 1.43. The van der Waals surface area contributed by atoms with Gasteiger partial charge in [0, 0.05) is 17.5 Å². The maximum absolute atomic E-state index is 12.5. The molecule has 26 heavy (non-hydrogen) atoms. The van der Waals surface area contributed by atoms with E-state index in [1.54, 1.807) is 18.2 Å². The lowest BCUT2D eigenvalue weighted by molar-refractivity contribution is -0.118. The van der Waals surface area contributed by atoms with Gasteiger partial charge in [-0.2, -0.15) is 0 Å². The van der Waals surface area contributed by atoms with Crippen LogP contribution in [0.1, 0.15) is 35.3 Å². The molecule has 1 fully saturated rings. The van der Waals surface area contributed by atoms with Crippen LogP contribution < -0.4 is 15.4 Å². The lowest BCUT2D eigenvalue weighted by Gasteiger charge is -2.25. The van der Waals surface area contributed by atoms with Gasteiger partial charge in [-0.15, -0.1) is 11.3 Å². The monoisotopic (exact) mass is 372 g/mol. The molecule has 2 aliphatic rings. The van der Waals surface area contributed by atoms with Crippen LogP contribution >= 0.6 is 11.3 Å². The van der Waals surface area contributed by atoms with Gasteiger partial charge in [-0.1, -0.05) is 6.42 Å². The van der Waals surface area contributed by atoms with Gasteiger partial charge in [0.2, 0.25) is 0 Å². The predicted molar refractivity (Wildman–Crippen MR) is 99.8 cm³/mol. The van der Waals surface area contributed by atoms with Crippen LogP contribution in [0.5, 0.6) is 5.75 Å². The van der Waals surface area contributed by atoms with Crippen molar-refractivity contribution >= 4 is 34.0 Å². The van der Waals surface area contributed by atoms with E-state index in [9.17, 15) is 9.59 Å². The fourth-order valence-corrected chi connectivity index (χ4v) is 3.87. The Kier molecular flexibility index (Phi) is 4.85. The highest BCUT2D eigenvalue weighted by Gasteiger charge is 2.19. The highest BCUT2D eigenvalue weighted by Crippen LogP contribution is 2.29. The van der Waals surface area contributed by atoms with Crippen molar-refractivity contribution in [2.24, 2.45) is 0 Å². The Morgan fingerprint density at radius 1 is 1.31 bits per heavy atom. The molecule has 2 N–H and O–H groups in total. The van der Waals surface area contributed by atoms with Gasteiger partial charge in [0.25, 0.3) is 11.8 Å². The molecular weight excluding hydrogens is 352 g/mol. The number of benzene rings is 1.